The van der Waals surface area contributed by atoms with Crippen LogP contribution in [0.15, 0.2) is 0 Å². The number of thiol groups is 2. The number of hydrogen-bond acceptors (Lipinski definition) is 2. The summed E-state index contributed by atoms with van der Waals surface area (Å²) in [6.07, 6.45) is 5.09. The predicted molar refractivity (Wildman–Crippen MR) is 55.4 cm³/mol. The fourth-order valence-electron chi connectivity index (χ4n) is 0.835. The van der Waals surface area contributed by atoms with Crippen LogP contribution in [0.2, 0.25) is 0 Å². The standard InChI is InChI=1S/C8H18S2/c1-3-4-5-6-8(2,10)7-9/h9-10H,3-7H2,1-2H3. The van der Waals surface area contributed by atoms with Gasteiger partial charge in [-0.25, -0.2) is 0 Å². The van der Waals surface area contributed by atoms with E-state index in [1.807, 2.05) is 0 Å². The van der Waals surface area contributed by atoms with E-state index in [2.05, 4.69) is 39.1 Å². The summed E-state index contributed by atoms with van der Waals surface area (Å²) in [6.45, 7) is 4.37. The molecule has 0 saturated heterocycles. The van der Waals surface area contributed by atoms with Crippen LogP contribution in [0, 0.1) is 0 Å². The van der Waals surface area contributed by atoms with Crippen molar-refractivity contribution in [3.8, 4) is 0 Å². The van der Waals surface area contributed by atoms with Crippen molar-refractivity contribution in [3.05, 3.63) is 0 Å². The van der Waals surface area contributed by atoms with E-state index in [1.54, 1.807) is 0 Å². The molecule has 0 bridgehead atoms. The molecule has 0 radical (unpaired) electrons. The van der Waals surface area contributed by atoms with Gasteiger partial charge in [0.25, 0.3) is 0 Å². The molecule has 0 rings (SSSR count). The van der Waals surface area contributed by atoms with Gasteiger partial charge in [0.1, 0.15) is 0 Å². The van der Waals surface area contributed by atoms with Crippen LogP contribution in [0.1, 0.15) is 39.5 Å². The Labute approximate surface area is 75.6 Å². The minimum atomic E-state index is 0.151. The SMILES string of the molecule is CCCCCC(C)(S)CS. The van der Waals surface area contributed by atoms with E-state index in [-0.39, 0.29) is 4.75 Å². The first kappa shape index (κ1) is 10.7. The Kier molecular flexibility index (Phi) is 5.74. The van der Waals surface area contributed by atoms with Crippen LogP contribution in [-0.2, 0) is 0 Å². The highest BCUT2D eigenvalue weighted by molar-refractivity contribution is 7.85. The summed E-state index contributed by atoms with van der Waals surface area (Å²) in [5.74, 6) is 0.875. The minimum Gasteiger partial charge on any atom is -0.178 e. The van der Waals surface area contributed by atoms with E-state index in [4.69, 9.17) is 0 Å². The zero-order chi connectivity index (χ0) is 8.04. The van der Waals surface area contributed by atoms with Crippen LogP contribution in [0.4, 0.5) is 0 Å². The summed E-state index contributed by atoms with van der Waals surface area (Å²) in [5, 5.41) is 0. The largest absolute Gasteiger partial charge is 0.178 e. The summed E-state index contributed by atoms with van der Waals surface area (Å²) in [6, 6.07) is 0. The fraction of sp³-hybridized carbons (Fsp3) is 1.00. The van der Waals surface area contributed by atoms with E-state index in [9.17, 15) is 0 Å². The van der Waals surface area contributed by atoms with Crippen LogP contribution in [0.25, 0.3) is 0 Å². The molecule has 0 aromatic heterocycles. The normalized spacial score (nSPS) is 16.8. The Bertz CT molecular complexity index is 79.3. The molecule has 0 amide bonds. The Hall–Kier alpha value is 0.700. The van der Waals surface area contributed by atoms with E-state index in [1.165, 1.54) is 25.7 Å². The molecule has 0 nitrogen and oxygen atoms in total. The van der Waals surface area contributed by atoms with Crippen molar-refractivity contribution >= 4 is 25.3 Å². The summed E-state index contributed by atoms with van der Waals surface area (Å²) < 4.78 is 0.151. The van der Waals surface area contributed by atoms with Crippen molar-refractivity contribution in [2.75, 3.05) is 5.75 Å². The highest BCUT2D eigenvalue weighted by atomic mass is 32.1. The number of hydrogen-bond donors (Lipinski definition) is 2. The summed E-state index contributed by atoms with van der Waals surface area (Å²) >= 11 is 8.71. The highest BCUT2D eigenvalue weighted by Crippen LogP contribution is 2.22. The summed E-state index contributed by atoms with van der Waals surface area (Å²) in [7, 11) is 0. The van der Waals surface area contributed by atoms with Crippen molar-refractivity contribution in [1.82, 2.24) is 0 Å². The molecule has 0 aliphatic rings. The van der Waals surface area contributed by atoms with Crippen molar-refractivity contribution < 1.29 is 0 Å². The molecular weight excluding hydrogens is 160 g/mol. The molecule has 1 atom stereocenters. The molecule has 0 N–H and O–H groups in total. The van der Waals surface area contributed by atoms with Gasteiger partial charge in [0, 0.05) is 10.5 Å². The van der Waals surface area contributed by atoms with Crippen LogP contribution >= 0.6 is 25.3 Å². The van der Waals surface area contributed by atoms with E-state index in [0.29, 0.717) is 0 Å². The second-order valence-corrected chi connectivity index (χ2v) is 4.51. The molecule has 0 heterocycles. The van der Waals surface area contributed by atoms with Gasteiger partial charge in [-0.15, -0.1) is 0 Å². The number of rotatable bonds is 5. The van der Waals surface area contributed by atoms with E-state index in [0.717, 1.165) is 5.75 Å². The van der Waals surface area contributed by atoms with Gasteiger partial charge in [-0.1, -0.05) is 26.2 Å². The quantitative estimate of drug-likeness (QED) is 0.469. The molecule has 10 heavy (non-hydrogen) atoms. The van der Waals surface area contributed by atoms with Gasteiger partial charge in [-0.2, -0.15) is 25.3 Å². The Balaban J connectivity index is 3.28. The van der Waals surface area contributed by atoms with Gasteiger partial charge < -0.3 is 0 Å². The third kappa shape index (κ3) is 5.48. The average Bonchev–Trinajstić information content (AvgIpc) is 1.89. The first-order valence-corrected chi connectivity index (χ1v) is 5.03. The molecule has 0 saturated carbocycles. The highest BCUT2D eigenvalue weighted by Gasteiger charge is 2.15. The maximum absolute atomic E-state index is 4.48. The van der Waals surface area contributed by atoms with Crippen molar-refractivity contribution in [3.63, 3.8) is 0 Å². The second-order valence-electron chi connectivity index (χ2n) is 3.11. The molecule has 0 aromatic rings. The average molecular weight is 178 g/mol. The van der Waals surface area contributed by atoms with Gasteiger partial charge in [0.2, 0.25) is 0 Å². The number of unbranched alkanes of at least 4 members (excludes halogenated alkanes) is 2. The lowest BCUT2D eigenvalue weighted by Gasteiger charge is -2.20. The Morgan fingerprint density at radius 2 is 1.90 bits per heavy atom. The van der Waals surface area contributed by atoms with Gasteiger partial charge in [-0.05, 0) is 13.3 Å². The first-order chi connectivity index (χ1) is 4.62. The van der Waals surface area contributed by atoms with Crippen molar-refractivity contribution in [2.24, 2.45) is 0 Å². The van der Waals surface area contributed by atoms with Crippen molar-refractivity contribution in [1.29, 1.82) is 0 Å². The second kappa shape index (κ2) is 5.36. The monoisotopic (exact) mass is 178 g/mol. The van der Waals surface area contributed by atoms with E-state index < -0.39 is 0 Å². The molecule has 0 spiro atoms. The third-order valence-electron chi connectivity index (χ3n) is 1.66. The fourth-order valence-corrected chi connectivity index (χ4v) is 1.15. The zero-order valence-corrected chi connectivity index (χ0v) is 8.72. The smallest absolute Gasteiger partial charge is 0.0189 e. The predicted octanol–water partition coefficient (Wildman–Crippen LogP) is 3.19. The molecule has 0 fully saturated rings. The lowest BCUT2D eigenvalue weighted by Crippen LogP contribution is -2.18. The molecule has 0 aliphatic heterocycles. The van der Waals surface area contributed by atoms with Crippen LogP contribution < -0.4 is 0 Å². The van der Waals surface area contributed by atoms with Gasteiger partial charge >= 0.3 is 0 Å². The maximum atomic E-state index is 4.48. The topological polar surface area (TPSA) is 0 Å². The van der Waals surface area contributed by atoms with Crippen LogP contribution in [0.5, 0.6) is 0 Å². The Morgan fingerprint density at radius 3 is 2.30 bits per heavy atom. The lowest BCUT2D eigenvalue weighted by molar-refractivity contribution is 0.583. The summed E-state index contributed by atoms with van der Waals surface area (Å²) in [4.78, 5) is 0. The lowest BCUT2D eigenvalue weighted by atomic mass is 10.0. The van der Waals surface area contributed by atoms with Gasteiger partial charge in [0.05, 0.1) is 0 Å². The third-order valence-corrected chi connectivity index (χ3v) is 2.99. The van der Waals surface area contributed by atoms with Gasteiger partial charge in [0.15, 0.2) is 0 Å². The molecule has 62 valence electrons. The zero-order valence-electron chi connectivity index (χ0n) is 6.93. The molecular formula is C8H18S2. The minimum absolute atomic E-state index is 0.151. The van der Waals surface area contributed by atoms with Crippen LogP contribution in [0.3, 0.4) is 0 Å². The molecule has 0 aromatic carbocycles. The Morgan fingerprint density at radius 1 is 1.30 bits per heavy atom. The van der Waals surface area contributed by atoms with E-state index >= 15 is 0 Å². The van der Waals surface area contributed by atoms with Crippen molar-refractivity contribution in [2.45, 2.75) is 44.3 Å². The molecule has 0 aliphatic carbocycles. The summed E-state index contributed by atoms with van der Waals surface area (Å²) in [5.41, 5.74) is 0. The molecule has 2 heteroatoms. The first-order valence-electron chi connectivity index (χ1n) is 3.95. The maximum Gasteiger partial charge on any atom is 0.0189 e. The van der Waals surface area contributed by atoms with Crippen LogP contribution in [-0.4, -0.2) is 10.5 Å². The van der Waals surface area contributed by atoms with Gasteiger partial charge in [-0.3, -0.25) is 0 Å². The molecule has 1 unspecified atom stereocenters.